The van der Waals surface area contributed by atoms with Gasteiger partial charge in [-0.2, -0.15) is 0 Å². The third-order valence-corrected chi connectivity index (χ3v) is 3.39. The molecule has 1 heterocycles. The Morgan fingerprint density at radius 3 is 2.88 bits per heavy atom. The Balaban J connectivity index is 1.82. The van der Waals surface area contributed by atoms with Gasteiger partial charge in [0.1, 0.15) is 12.4 Å². The predicted molar refractivity (Wildman–Crippen MR) is 71.0 cm³/mol. The zero-order valence-corrected chi connectivity index (χ0v) is 10.7. The maximum Gasteiger partial charge on any atom is 0.120 e. The highest BCUT2D eigenvalue weighted by Crippen LogP contribution is 2.18. The molecule has 0 aliphatic heterocycles. The molecular weight excluding hydrogens is 256 g/mol. The maximum absolute atomic E-state index is 9.80. The summed E-state index contributed by atoms with van der Waals surface area (Å²) < 4.78 is 5.47. The van der Waals surface area contributed by atoms with E-state index in [-0.39, 0.29) is 6.61 Å². The van der Waals surface area contributed by atoms with Crippen LogP contribution in [0.4, 0.5) is 0 Å². The molecule has 2 nitrogen and oxygen atoms in total. The molecule has 1 aromatic heterocycles. The van der Waals surface area contributed by atoms with Crippen molar-refractivity contribution in [1.82, 2.24) is 0 Å². The van der Waals surface area contributed by atoms with Crippen molar-refractivity contribution < 1.29 is 9.84 Å². The van der Waals surface area contributed by atoms with Crippen molar-refractivity contribution in [2.24, 2.45) is 0 Å². The quantitative estimate of drug-likeness (QED) is 0.901. The lowest BCUT2D eigenvalue weighted by atomic mass is 10.2. The first kappa shape index (κ1) is 12.4. The van der Waals surface area contributed by atoms with E-state index in [0.29, 0.717) is 17.2 Å². The second-order valence-electron chi connectivity index (χ2n) is 3.71. The van der Waals surface area contributed by atoms with Gasteiger partial charge < -0.3 is 9.84 Å². The first-order valence-electron chi connectivity index (χ1n) is 5.33. The number of ether oxygens (including phenoxy) is 1. The van der Waals surface area contributed by atoms with Crippen molar-refractivity contribution in [3.8, 4) is 5.75 Å². The molecule has 1 aromatic carbocycles. The van der Waals surface area contributed by atoms with E-state index in [2.05, 4.69) is 0 Å². The van der Waals surface area contributed by atoms with Gasteiger partial charge in [-0.1, -0.05) is 23.7 Å². The van der Waals surface area contributed by atoms with Crippen LogP contribution in [0.5, 0.6) is 5.75 Å². The van der Waals surface area contributed by atoms with E-state index in [1.807, 2.05) is 29.6 Å². The Bertz CT molecular complexity index is 456. The summed E-state index contributed by atoms with van der Waals surface area (Å²) in [5.41, 5.74) is 0. The lowest BCUT2D eigenvalue weighted by Crippen LogP contribution is -2.19. The summed E-state index contributed by atoms with van der Waals surface area (Å²) in [6, 6.07) is 11.2. The third-order valence-electron chi connectivity index (χ3n) is 2.26. The van der Waals surface area contributed by atoms with Gasteiger partial charge in [-0.3, -0.25) is 0 Å². The molecule has 0 amide bonds. The summed E-state index contributed by atoms with van der Waals surface area (Å²) >= 11 is 7.47. The minimum Gasteiger partial charge on any atom is -0.491 e. The molecule has 0 aliphatic carbocycles. The minimum atomic E-state index is -0.493. The van der Waals surface area contributed by atoms with E-state index < -0.39 is 6.10 Å². The largest absolute Gasteiger partial charge is 0.491 e. The summed E-state index contributed by atoms with van der Waals surface area (Å²) in [4.78, 5) is 1.16. The van der Waals surface area contributed by atoms with Crippen molar-refractivity contribution in [1.29, 1.82) is 0 Å². The first-order chi connectivity index (χ1) is 8.24. The molecule has 0 fully saturated rings. The molecule has 0 spiro atoms. The molecule has 2 rings (SSSR count). The fourth-order valence-electron chi connectivity index (χ4n) is 1.47. The van der Waals surface area contributed by atoms with Crippen molar-refractivity contribution >= 4 is 22.9 Å². The highest BCUT2D eigenvalue weighted by atomic mass is 35.5. The van der Waals surface area contributed by atoms with Crippen LogP contribution in [0.3, 0.4) is 0 Å². The number of hydrogen-bond acceptors (Lipinski definition) is 3. The predicted octanol–water partition coefficient (Wildman–Crippen LogP) is 3.38. The van der Waals surface area contributed by atoms with Crippen LogP contribution in [0.2, 0.25) is 5.02 Å². The molecule has 0 saturated carbocycles. The molecule has 90 valence electrons. The number of halogens is 1. The van der Waals surface area contributed by atoms with Crippen molar-refractivity contribution in [2.45, 2.75) is 12.5 Å². The van der Waals surface area contributed by atoms with Crippen LogP contribution in [-0.2, 0) is 6.42 Å². The van der Waals surface area contributed by atoms with E-state index in [0.717, 1.165) is 4.88 Å². The molecule has 0 saturated heterocycles. The molecule has 1 unspecified atom stereocenters. The Hall–Kier alpha value is -1.03. The summed E-state index contributed by atoms with van der Waals surface area (Å²) in [6.45, 7) is 0.276. The number of benzene rings is 1. The minimum absolute atomic E-state index is 0.276. The molecule has 0 radical (unpaired) electrons. The van der Waals surface area contributed by atoms with Gasteiger partial charge in [0.15, 0.2) is 0 Å². The summed E-state index contributed by atoms with van der Waals surface area (Å²) in [5, 5.41) is 12.4. The fourth-order valence-corrected chi connectivity index (χ4v) is 2.43. The first-order valence-corrected chi connectivity index (χ1v) is 6.58. The number of hydrogen-bond donors (Lipinski definition) is 1. The van der Waals surface area contributed by atoms with E-state index in [9.17, 15) is 5.11 Å². The van der Waals surface area contributed by atoms with Gasteiger partial charge in [0.2, 0.25) is 0 Å². The van der Waals surface area contributed by atoms with E-state index in [4.69, 9.17) is 16.3 Å². The van der Waals surface area contributed by atoms with Crippen LogP contribution in [0, 0.1) is 0 Å². The van der Waals surface area contributed by atoms with Gasteiger partial charge in [-0.05, 0) is 29.6 Å². The normalized spacial score (nSPS) is 12.4. The zero-order valence-electron chi connectivity index (χ0n) is 9.17. The summed E-state index contributed by atoms with van der Waals surface area (Å²) in [5.74, 6) is 0.683. The molecule has 0 bridgehead atoms. The molecule has 1 atom stereocenters. The monoisotopic (exact) mass is 268 g/mol. The van der Waals surface area contributed by atoms with Gasteiger partial charge in [0.25, 0.3) is 0 Å². The summed E-state index contributed by atoms with van der Waals surface area (Å²) in [6.07, 6.45) is 0.130. The van der Waals surface area contributed by atoms with Crippen LogP contribution in [0.25, 0.3) is 0 Å². The Labute approximate surface area is 109 Å². The van der Waals surface area contributed by atoms with E-state index in [1.165, 1.54) is 0 Å². The van der Waals surface area contributed by atoms with Crippen molar-refractivity contribution in [3.05, 3.63) is 51.7 Å². The second-order valence-corrected chi connectivity index (χ2v) is 5.17. The SMILES string of the molecule is OC(COc1cccc(Cl)c1)Cc1cccs1. The standard InChI is InChI=1S/C13H13ClO2S/c14-10-3-1-4-12(7-10)16-9-11(15)8-13-5-2-6-17-13/h1-7,11,15H,8-9H2. The topological polar surface area (TPSA) is 29.5 Å². The maximum atomic E-state index is 9.80. The zero-order chi connectivity index (χ0) is 12.1. The molecule has 0 aliphatic rings. The molecular formula is C13H13ClO2S. The lowest BCUT2D eigenvalue weighted by molar-refractivity contribution is 0.108. The van der Waals surface area contributed by atoms with E-state index >= 15 is 0 Å². The second kappa shape index (κ2) is 6.05. The Morgan fingerprint density at radius 1 is 1.29 bits per heavy atom. The highest BCUT2D eigenvalue weighted by Gasteiger charge is 2.07. The van der Waals surface area contributed by atoms with Crippen LogP contribution >= 0.6 is 22.9 Å². The van der Waals surface area contributed by atoms with Gasteiger partial charge in [-0.25, -0.2) is 0 Å². The van der Waals surface area contributed by atoms with Gasteiger partial charge >= 0.3 is 0 Å². The van der Waals surface area contributed by atoms with Gasteiger partial charge in [0, 0.05) is 16.3 Å². The molecule has 2 aromatic rings. The van der Waals surface area contributed by atoms with Crippen LogP contribution in [-0.4, -0.2) is 17.8 Å². The third kappa shape index (κ3) is 4.04. The van der Waals surface area contributed by atoms with Crippen molar-refractivity contribution in [2.75, 3.05) is 6.61 Å². The van der Waals surface area contributed by atoms with Crippen molar-refractivity contribution in [3.63, 3.8) is 0 Å². The number of aliphatic hydroxyl groups excluding tert-OH is 1. The summed E-state index contributed by atoms with van der Waals surface area (Å²) in [7, 11) is 0. The molecule has 1 N–H and O–H groups in total. The smallest absolute Gasteiger partial charge is 0.120 e. The average Bonchev–Trinajstić information content (AvgIpc) is 2.79. The van der Waals surface area contributed by atoms with Gasteiger partial charge in [0.05, 0.1) is 6.10 Å². The van der Waals surface area contributed by atoms with Gasteiger partial charge in [-0.15, -0.1) is 11.3 Å². The van der Waals surface area contributed by atoms with Crippen LogP contribution in [0.15, 0.2) is 41.8 Å². The number of thiophene rings is 1. The fraction of sp³-hybridized carbons (Fsp3) is 0.231. The van der Waals surface area contributed by atoms with Crippen LogP contribution in [0.1, 0.15) is 4.88 Å². The van der Waals surface area contributed by atoms with Crippen LogP contribution < -0.4 is 4.74 Å². The number of rotatable bonds is 5. The molecule has 17 heavy (non-hydrogen) atoms. The van der Waals surface area contributed by atoms with E-state index in [1.54, 1.807) is 23.5 Å². The average molecular weight is 269 g/mol. The lowest BCUT2D eigenvalue weighted by Gasteiger charge is -2.11. The Morgan fingerprint density at radius 2 is 2.18 bits per heavy atom. The highest BCUT2D eigenvalue weighted by molar-refractivity contribution is 7.09. The Kier molecular flexibility index (Phi) is 4.42. The molecule has 4 heteroatoms. The number of aliphatic hydroxyl groups is 1.